The number of thiophene rings is 1. The average Bonchev–Trinajstić information content (AvgIpc) is 3.04. The predicted molar refractivity (Wildman–Crippen MR) is 75.3 cm³/mol. The second-order valence-electron chi connectivity index (χ2n) is 5.65. The Kier molecular flexibility index (Phi) is 3.60. The number of amides is 1. The fourth-order valence-electron chi connectivity index (χ4n) is 3.24. The molecule has 19 heavy (non-hydrogen) atoms. The molecule has 2 atom stereocenters. The first-order valence-corrected chi connectivity index (χ1v) is 7.66. The molecule has 0 spiro atoms. The summed E-state index contributed by atoms with van der Waals surface area (Å²) in [5.41, 5.74) is -0.301. The van der Waals surface area contributed by atoms with E-state index < -0.39 is 0 Å². The highest BCUT2D eigenvalue weighted by Crippen LogP contribution is 2.40. The van der Waals surface area contributed by atoms with E-state index in [1.165, 1.54) is 4.88 Å². The molecule has 2 aliphatic heterocycles. The van der Waals surface area contributed by atoms with E-state index in [0.717, 1.165) is 32.7 Å². The molecule has 2 saturated heterocycles. The first kappa shape index (κ1) is 13.1. The predicted octanol–water partition coefficient (Wildman–Crippen LogP) is 0.985. The largest absolute Gasteiger partial charge is 0.380 e. The van der Waals surface area contributed by atoms with E-state index in [1.807, 2.05) is 6.07 Å². The van der Waals surface area contributed by atoms with Crippen molar-refractivity contribution >= 4 is 17.2 Å². The van der Waals surface area contributed by atoms with Crippen LogP contribution in [0.3, 0.4) is 0 Å². The zero-order valence-electron chi connectivity index (χ0n) is 11.2. The number of carbonyl (C=O) groups is 1. The molecular weight excluding hydrogens is 260 g/mol. The van der Waals surface area contributed by atoms with Gasteiger partial charge >= 0.3 is 0 Å². The van der Waals surface area contributed by atoms with Crippen LogP contribution in [0.25, 0.3) is 0 Å². The third kappa shape index (κ3) is 2.42. The molecule has 1 amide bonds. The summed E-state index contributed by atoms with van der Waals surface area (Å²) < 4.78 is 5.55. The van der Waals surface area contributed by atoms with Crippen molar-refractivity contribution in [1.82, 2.24) is 10.2 Å². The molecule has 1 aromatic rings. The first-order chi connectivity index (χ1) is 9.21. The van der Waals surface area contributed by atoms with Gasteiger partial charge in [0.15, 0.2) is 0 Å². The molecule has 1 N–H and O–H groups in total. The van der Waals surface area contributed by atoms with Gasteiger partial charge in [-0.25, -0.2) is 0 Å². The van der Waals surface area contributed by atoms with Crippen molar-refractivity contribution in [2.45, 2.75) is 6.42 Å². The maximum Gasteiger partial charge on any atom is 0.230 e. The molecule has 0 aromatic carbocycles. The van der Waals surface area contributed by atoms with Crippen molar-refractivity contribution in [3.8, 4) is 0 Å². The number of carbonyl (C=O) groups excluding carboxylic acids is 1. The van der Waals surface area contributed by atoms with Crippen LogP contribution < -0.4 is 5.32 Å². The van der Waals surface area contributed by atoms with Gasteiger partial charge in [-0.05, 0) is 24.9 Å². The Balaban J connectivity index is 1.57. The summed E-state index contributed by atoms with van der Waals surface area (Å²) in [6.07, 6.45) is 0.918. The van der Waals surface area contributed by atoms with Crippen molar-refractivity contribution in [2.24, 2.45) is 11.3 Å². The minimum Gasteiger partial charge on any atom is -0.380 e. The average molecular weight is 280 g/mol. The zero-order chi connectivity index (χ0) is 13.3. The topological polar surface area (TPSA) is 41.6 Å². The third-order valence-electron chi connectivity index (χ3n) is 4.23. The molecule has 5 heteroatoms. The summed E-state index contributed by atoms with van der Waals surface area (Å²) in [7, 11) is 2.08. The van der Waals surface area contributed by atoms with Gasteiger partial charge in [0, 0.05) is 30.4 Å². The molecule has 4 nitrogen and oxygen atoms in total. The van der Waals surface area contributed by atoms with E-state index >= 15 is 0 Å². The summed E-state index contributed by atoms with van der Waals surface area (Å²) in [6, 6.07) is 4.16. The molecule has 0 bridgehead atoms. The van der Waals surface area contributed by atoms with Crippen molar-refractivity contribution in [1.29, 1.82) is 0 Å². The number of ether oxygens (including phenoxy) is 1. The maximum absolute atomic E-state index is 12.5. The van der Waals surface area contributed by atoms with Crippen LogP contribution in [-0.2, 0) is 16.0 Å². The van der Waals surface area contributed by atoms with E-state index in [1.54, 1.807) is 11.3 Å². The van der Waals surface area contributed by atoms with Crippen molar-refractivity contribution < 1.29 is 9.53 Å². The van der Waals surface area contributed by atoms with Gasteiger partial charge in [-0.15, -0.1) is 11.3 Å². The molecule has 0 saturated carbocycles. The van der Waals surface area contributed by atoms with Crippen LogP contribution in [0, 0.1) is 11.3 Å². The number of likely N-dealkylation sites (tertiary alicyclic amines) is 1. The van der Waals surface area contributed by atoms with Crippen LogP contribution in [0.15, 0.2) is 17.5 Å². The Morgan fingerprint density at radius 3 is 3.37 bits per heavy atom. The van der Waals surface area contributed by atoms with Crippen LogP contribution in [-0.4, -0.2) is 50.7 Å². The monoisotopic (exact) mass is 280 g/mol. The van der Waals surface area contributed by atoms with Gasteiger partial charge in [0.05, 0.1) is 18.6 Å². The van der Waals surface area contributed by atoms with Crippen LogP contribution in [0.4, 0.5) is 0 Å². The summed E-state index contributed by atoms with van der Waals surface area (Å²) in [4.78, 5) is 16.1. The molecule has 0 aliphatic carbocycles. The van der Waals surface area contributed by atoms with Crippen LogP contribution in [0.2, 0.25) is 0 Å². The number of nitrogens with zero attached hydrogens (tertiary/aromatic N) is 1. The summed E-state index contributed by atoms with van der Waals surface area (Å²) in [6.45, 7) is 3.81. The standard InChI is InChI=1S/C14H20N2O2S/c1-16-7-11-8-18-10-14(11,9-16)13(17)15-5-4-12-3-2-6-19-12/h2-3,6,11H,4-5,7-10H2,1H3,(H,15,17)/t11-,14-/m1/s1. The Hall–Kier alpha value is -0.910. The lowest BCUT2D eigenvalue weighted by molar-refractivity contribution is -0.131. The van der Waals surface area contributed by atoms with Gasteiger partial charge in [-0.2, -0.15) is 0 Å². The quantitative estimate of drug-likeness (QED) is 0.894. The van der Waals surface area contributed by atoms with Gasteiger partial charge in [0.1, 0.15) is 0 Å². The van der Waals surface area contributed by atoms with Gasteiger partial charge in [0.25, 0.3) is 0 Å². The van der Waals surface area contributed by atoms with E-state index in [0.29, 0.717) is 12.5 Å². The van der Waals surface area contributed by atoms with Crippen LogP contribution in [0.5, 0.6) is 0 Å². The second-order valence-corrected chi connectivity index (χ2v) is 6.68. The molecule has 3 heterocycles. The highest BCUT2D eigenvalue weighted by atomic mass is 32.1. The lowest BCUT2D eigenvalue weighted by Gasteiger charge is -2.25. The molecule has 2 aliphatic rings. The Labute approximate surface area is 117 Å². The smallest absolute Gasteiger partial charge is 0.230 e. The van der Waals surface area contributed by atoms with Crippen molar-refractivity contribution in [3.05, 3.63) is 22.4 Å². The Morgan fingerprint density at radius 1 is 1.68 bits per heavy atom. The van der Waals surface area contributed by atoms with Crippen LogP contribution in [0.1, 0.15) is 4.88 Å². The molecule has 2 fully saturated rings. The number of hydrogen-bond acceptors (Lipinski definition) is 4. The molecule has 0 radical (unpaired) electrons. The normalized spacial score (nSPS) is 30.5. The van der Waals surface area contributed by atoms with Gasteiger partial charge in [-0.3, -0.25) is 4.79 Å². The number of nitrogens with one attached hydrogen (secondary N) is 1. The minimum absolute atomic E-state index is 0.177. The first-order valence-electron chi connectivity index (χ1n) is 6.78. The second kappa shape index (κ2) is 5.23. The number of fused-ring (bicyclic) bond motifs is 1. The number of rotatable bonds is 4. The molecule has 1 aromatic heterocycles. The fourth-order valence-corrected chi connectivity index (χ4v) is 3.95. The minimum atomic E-state index is -0.301. The van der Waals surface area contributed by atoms with Gasteiger partial charge in [0.2, 0.25) is 5.91 Å². The van der Waals surface area contributed by atoms with E-state index in [-0.39, 0.29) is 11.3 Å². The highest BCUT2D eigenvalue weighted by molar-refractivity contribution is 7.09. The zero-order valence-corrected chi connectivity index (χ0v) is 12.0. The number of hydrogen-bond donors (Lipinski definition) is 1. The maximum atomic E-state index is 12.5. The SMILES string of the molecule is CN1C[C@@H]2COC[C@]2(C(=O)NCCc2cccs2)C1. The molecule has 3 rings (SSSR count). The van der Waals surface area contributed by atoms with Gasteiger partial charge in [-0.1, -0.05) is 6.07 Å². The van der Waals surface area contributed by atoms with E-state index in [2.05, 4.69) is 28.7 Å². The van der Waals surface area contributed by atoms with Crippen molar-refractivity contribution in [2.75, 3.05) is 39.9 Å². The fraction of sp³-hybridized carbons (Fsp3) is 0.643. The van der Waals surface area contributed by atoms with Crippen molar-refractivity contribution in [3.63, 3.8) is 0 Å². The lowest BCUT2D eigenvalue weighted by Crippen LogP contribution is -2.47. The van der Waals surface area contributed by atoms with Gasteiger partial charge < -0.3 is 15.0 Å². The Morgan fingerprint density at radius 2 is 2.58 bits per heavy atom. The highest BCUT2D eigenvalue weighted by Gasteiger charge is 2.54. The summed E-state index contributed by atoms with van der Waals surface area (Å²) in [5, 5.41) is 5.18. The van der Waals surface area contributed by atoms with E-state index in [4.69, 9.17) is 4.74 Å². The molecule has 104 valence electrons. The lowest BCUT2D eigenvalue weighted by atomic mass is 9.80. The summed E-state index contributed by atoms with van der Waals surface area (Å²) >= 11 is 1.74. The molecule has 0 unspecified atom stereocenters. The summed E-state index contributed by atoms with van der Waals surface area (Å²) in [5.74, 6) is 0.537. The molecular formula is C14H20N2O2S. The van der Waals surface area contributed by atoms with E-state index in [9.17, 15) is 4.79 Å². The Bertz CT molecular complexity index is 448. The third-order valence-corrected chi connectivity index (χ3v) is 5.17. The van der Waals surface area contributed by atoms with Crippen LogP contribution >= 0.6 is 11.3 Å².